The molecule has 0 aliphatic carbocycles. The zero-order valence-corrected chi connectivity index (χ0v) is 41.1. The van der Waals surface area contributed by atoms with Crippen molar-refractivity contribution in [2.24, 2.45) is 0 Å². The van der Waals surface area contributed by atoms with Crippen molar-refractivity contribution in [3.63, 3.8) is 0 Å². The third kappa shape index (κ3) is 49.5. The van der Waals surface area contributed by atoms with E-state index in [9.17, 15) is 14.4 Å². The fourth-order valence-electron chi connectivity index (χ4n) is 6.97. The van der Waals surface area contributed by atoms with Gasteiger partial charge in [0.25, 0.3) is 0 Å². The van der Waals surface area contributed by atoms with Crippen LogP contribution in [0.4, 0.5) is 0 Å². The first-order valence-electron chi connectivity index (χ1n) is 26.1. The van der Waals surface area contributed by atoms with Gasteiger partial charge in [-0.25, -0.2) is 0 Å². The van der Waals surface area contributed by atoms with Crippen LogP contribution in [-0.2, 0) is 28.6 Å². The molecule has 360 valence electrons. The molecule has 0 saturated heterocycles. The van der Waals surface area contributed by atoms with E-state index in [4.69, 9.17) is 14.2 Å². The van der Waals surface area contributed by atoms with Gasteiger partial charge in [0.2, 0.25) is 0 Å². The minimum atomic E-state index is -0.787. The molecule has 6 nitrogen and oxygen atoms in total. The summed E-state index contributed by atoms with van der Waals surface area (Å²) in [5, 5.41) is 0. The zero-order valence-electron chi connectivity index (χ0n) is 41.1. The summed E-state index contributed by atoms with van der Waals surface area (Å²) in [6.45, 7) is 6.43. The highest BCUT2D eigenvalue weighted by molar-refractivity contribution is 5.71. The molecule has 0 aromatic heterocycles. The van der Waals surface area contributed by atoms with Crippen LogP contribution in [0.15, 0.2) is 85.1 Å². The Morgan fingerprint density at radius 2 is 0.619 bits per heavy atom. The SMILES string of the molecule is CC/C=C\C/C=C\C/C=C\C/C=C\CCCCCCCCC(=O)OCC(COC(=O)CCCCCCCCC)OC(=O)CCCCCCCC/C=C\C/C=C\C/C=C\CCCCC. The molecule has 0 aromatic carbocycles. The molecule has 0 amide bonds. The Morgan fingerprint density at radius 3 is 1.00 bits per heavy atom. The number of esters is 3. The van der Waals surface area contributed by atoms with Gasteiger partial charge in [-0.1, -0.05) is 209 Å². The Bertz CT molecular complexity index is 1240. The van der Waals surface area contributed by atoms with Gasteiger partial charge in [0.15, 0.2) is 6.10 Å². The lowest BCUT2D eigenvalue weighted by molar-refractivity contribution is -0.167. The van der Waals surface area contributed by atoms with Crippen molar-refractivity contribution in [3.05, 3.63) is 85.1 Å². The quantitative estimate of drug-likeness (QED) is 0.0262. The predicted molar refractivity (Wildman–Crippen MR) is 270 cm³/mol. The minimum Gasteiger partial charge on any atom is -0.462 e. The standard InChI is InChI=1S/C57H96O6/c1-4-7-10-13-16-18-20-22-24-26-28-30-32-34-36-38-41-44-47-50-56(59)62-53-54(52-61-55(58)49-46-43-40-15-12-9-6-3)63-57(60)51-48-45-42-39-37-35-33-31-29-27-25-23-21-19-17-14-11-8-5-2/h7,10,16-19,22-25,28-31,54H,4-6,8-9,11-15,20-21,26-27,32-53H2,1-3H3/b10-7-,18-16-,19-17-,24-22-,25-23-,30-28-,31-29-. The third-order valence-corrected chi connectivity index (χ3v) is 10.9. The number of carbonyl (C=O) groups is 3. The molecule has 0 rings (SSSR count). The molecule has 0 bridgehead atoms. The van der Waals surface area contributed by atoms with E-state index >= 15 is 0 Å². The molecule has 0 aliphatic heterocycles. The van der Waals surface area contributed by atoms with E-state index in [0.717, 1.165) is 116 Å². The second kappa shape index (κ2) is 51.2. The Kier molecular flexibility index (Phi) is 48.5. The lowest BCUT2D eigenvalue weighted by atomic mass is 10.1. The second-order valence-corrected chi connectivity index (χ2v) is 17.1. The summed E-state index contributed by atoms with van der Waals surface area (Å²) in [5.74, 6) is -0.921. The summed E-state index contributed by atoms with van der Waals surface area (Å²) < 4.78 is 16.7. The number of allylic oxidation sites excluding steroid dienone is 14. The van der Waals surface area contributed by atoms with Crippen LogP contribution in [0.1, 0.15) is 239 Å². The smallest absolute Gasteiger partial charge is 0.306 e. The summed E-state index contributed by atoms with van der Waals surface area (Å²) in [6.07, 6.45) is 65.8. The van der Waals surface area contributed by atoms with E-state index in [-0.39, 0.29) is 31.1 Å². The topological polar surface area (TPSA) is 78.9 Å². The molecule has 0 aliphatic rings. The average Bonchev–Trinajstić information content (AvgIpc) is 3.28. The van der Waals surface area contributed by atoms with Crippen LogP contribution in [0.25, 0.3) is 0 Å². The summed E-state index contributed by atoms with van der Waals surface area (Å²) in [5.41, 5.74) is 0. The van der Waals surface area contributed by atoms with Gasteiger partial charge in [-0.2, -0.15) is 0 Å². The second-order valence-electron chi connectivity index (χ2n) is 17.1. The summed E-state index contributed by atoms with van der Waals surface area (Å²) in [6, 6.07) is 0. The van der Waals surface area contributed by atoms with Crippen LogP contribution in [0, 0.1) is 0 Å². The number of ether oxygens (including phenoxy) is 3. The van der Waals surface area contributed by atoms with Gasteiger partial charge < -0.3 is 14.2 Å². The maximum atomic E-state index is 12.8. The van der Waals surface area contributed by atoms with Gasteiger partial charge in [0.1, 0.15) is 13.2 Å². The fraction of sp³-hybridized carbons (Fsp3) is 0.702. The van der Waals surface area contributed by atoms with E-state index in [1.165, 1.54) is 83.5 Å². The van der Waals surface area contributed by atoms with Crippen LogP contribution in [0.3, 0.4) is 0 Å². The van der Waals surface area contributed by atoms with Crippen molar-refractivity contribution in [1.29, 1.82) is 0 Å². The Labute approximate surface area is 388 Å². The van der Waals surface area contributed by atoms with Crippen LogP contribution >= 0.6 is 0 Å². The molecular weight excluding hydrogens is 781 g/mol. The average molecular weight is 877 g/mol. The van der Waals surface area contributed by atoms with Crippen molar-refractivity contribution < 1.29 is 28.6 Å². The molecule has 6 heteroatoms. The third-order valence-electron chi connectivity index (χ3n) is 10.9. The molecule has 0 N–H and O–H groups in total. The van der Waals surface area contributed by atoms with Crippen LogP contribution in [-0.4, -0.2) is 37.2 Å². The number of carbonyl (C=O) groups excluding carboxylic acids is 3. The lowest BCUT2D eigenvalue weighted by Gasteiger charge is -2.18. The number of hydrogen-bond acceptors (Lipinski definition) is 6. The van der Waals surface area contributed by atoms with Crippen molar-refractivity contribution >= 4 is 17.9 Å². The molecule has 0 heterocycles. The van der Waals surface area contributed by atoms with Gasteiger partial charge in [-0.3, -0.25) is 14.4 Å². The molecule has 0 aromatic rings. The van der Waals surface area contributed by atoms with Gasteiger partial charge >= 0.3 is 17.9 Å². The highest BCUT2D eigenvalue weighted by atomic mass is 16.6. The first-order valence-corrected chi connectivity index (χ1v) is 26.1. The largest absolute Gasteiger partial charge is 0.462 e. The molecule has 63 heavy (non-hydrogen) atoms. The number of hydrogen-bond donors (Lipinski definition) is 0. The van der Waals surface area contributed by atoms with E-state index < -0.39 is 6.10 Å². The van der Waals surface area contributed by atoms with Crippen molar-refractivity contribution in [3.8, 4) is 0 Å². The van der Waals surface area contributed by atoms with Gasteiger partial charge in [-0.05, 0) is 96.3 Å². The zero-order chi connectivity index (χ0) is 45.8. The fourth-order valence-corrected chi connectivity index (χ4v) is 6.97. The monoisotopic (exact) mass is 877 g/mol. The normalized spacial score (nSPS) is 12.7. The molecule has 0 fully saturated rings. The Morgan fingerprint density at radius 1 is 0.333 bits per heavy atom. The minimum absolute atomic E-state index is 0.0868. The van der Waals surface area contributed by atoms with E-state index in [1.807, 2.05) is 0 Å². The highest BCUT2D eigenvalue weighted by Gasteiger charge is 2.19. The van der Waals surface area contributed by atoms with Crippen molar-refractivity contribution in [1.82, 2.24) is 0 Å². The number of rotatable bonds is 46. The maximum absolute atomic E-state index is 12.8. The predicted octanol–water partition coefficient (Wildman–Crippen LogP) is 17.2. The molecular formula is C57H96O6. The Balaban J connectivity index is 4.31. The van der Waals surface area contributed by atoms with E-state index in [1.54, 1.807) is 0 Å². The van der Waals surface area contributed by atoms with E-state index in [2.05, 4.69) is 106 Å². The molecule has 0 saturated carbocycles. The molecule has 0 radical (unpaired) electrons. The molecule has 0 spiro atoms. The lowest BCUT2D eigenvalue weighted by Crippen LogP contribution is -2.30. The first-order chi connectivity index (χ1) is 31.0. The van der Waals surface area contributed by atoms with Gasteiger partial charge in [-0.15, -0.1) is 0 Å². The van der Waals surface area contributed by atoms with Crippen molar-refractivity contribution in [2.45, 2.75) is 245 Å². The summed E-state index contributed by atoms with van der Waals surface area (Å²) >= 11 is 0. The molecule has 1 unspecified atom stereocenters. The van der Waals surface area contributed by atoms with E-state index in [0.29, 0.717) is 19.3 Å². The van der Waals surface area contributed by atoms with Crippen LogP contribution in [0.2, 0.25) is 0 Å². The highest BCUT2D eigenvalue weighted by Crippen LogP contribution is 2.14. The van der Waals surface area contributed by atoms with Crippen LogP contribution < -0.4 is 0 Å². The number of unbranched alkanes of at least 4 members (excludes halogenated alkanes) is 21. The van der Waals surface area contributed by atoms with Crippen LogP contribution in [0.5, 0.6) is 0 Å². The Hall–Kier alpha value is -3.41. The summed E-state index contributed by atoms with van der Waals surface area (Å²) in [7, 11) is 0. The summed E-state index contributed by atoms with van der Waals surface area (Å²) in [4.78, 5) is 37.8. The van der Waals surface area contributed by atoms with Gasteiger partial charge in [0, 0.05) is 19.3 Å². The van der Waals surface area contributed by atoms with Crippen molar-refractivity contribution in [2.75, 3.05) is 13.2 Å². The maximum Gasteiger partial charge on any atom is 0.306 e. The first kappa shape index (κ1) is 59.6. The molecule has 1 atom stereocenters. The van der Waals surface area contributed by atoms with Gasteiger partial charge in [0.05, 0.1) is 0 Å².